The van der Waals surface area contributed by atoms with E-state index in [1.165, 1.54) is 21.7 Å². The van der Waals surface area contributed by atoms with Gasteiger partial charge in [0.05, 0.1) is 16.6 Å². The summed E-state index contributed by atoms with van der Waals surface area (Å²) in [5, 5.41) is 5.12. The van der Waals surface area contributed by atoms with Crippen molar-refractivity contribution in [2.45, 2.75) is 13.1 Å². The summed E-state index contributed by atoms with van der Waals surface area (Å²) in [4.78, 5) is 26.3. The molecule has 0 aliphatic heterocycles. The number of rotatable bonds is 5. The van der Waals surface area contributed by atoms with Crippen LogP contribution in [0.3, 0.4) is 0 Å². The van der Waals surface area contributed by atoms with E-state index in [4.69, 9.17) is 23.2 Å². The third-order valence-electron chi connectivity index (χ3n) is 4.01. The second-order valence-electron chi connectivity index (χ2n) is 6.11. The third-order valence-corrected chi connectivity index (χ3v) is 4.75. The zero-order valence-corrected chi connectivity index (χ0v) is 16.1. The average molecular weight is 402 g/mol. The summed E-state index contributed by atoms with van der Waals surface area (Å²) in [5.74, 6) is -0.289. The van der Waals surface area contributed by atoms with Crippen molar-refractivity contribution in [1.29, 1.82) is 0 Å². The van der Waals surface area contributed by atoms with Gasteiger partial charge in [0.25, 0.3) is 11.5 Å². The second kappa shape index (κ2) is 8.37. The van der Waals surface area contributed by atoms with E-state index in [-0.39, 0.29) is 17.2 Å². The maximum absolute atomic E-state index is 12.7. The van der Waals surface area contributed by atoms with Crippen LogP contribution in [-0.4, -0.2) is 27.6 Å². The molecule has 0 fully saturated rings. The number of nitrogens with zero attached hydrogens (tertiary/aromatic N) is 3. The summed E-state index contributed by atoms with van der Waals surface area (Å²) in [6.45, 7) is 0.645. The molecule has 2 aromatic carbocycles. The highest BCUT2D eigenvalue weighted by Gasteiger charge is 2.15. The van der Waals surface area contributed by atoms with Crippen LogP contribution in [0.2, 0.25) is 10.0 Å². The molecule has 0 bridgehead atoms. The van der Waals surface area contributed by atoms with Crippen LogP contribution in [0.15, 0.2) is 65.5 Å². The van der Waals surface area contributed by atoms with Crippen LogP contribution in [-0.2, 0) is 13.1 Å². The van der Waals surface area contributed by atoms with E-state index in [2.05, 4.69) is 5.10 Å². The number of amides is 1. The van der Waals surface area contributed by atoms with E-state index < -0.39 is 0 Å². The van der Waals surface area contributed by atoms with Crippen LogP contribution < -0.4 is 5.56 Å². The fourth-order valence-corrected chi connectivity index (χ4v) is 2.93. The minimum atomic E-state index is -0.289. The molecule has 0 saturated heterocycles. The molecule has 5 nitrogen and oxygen atoms in total. The Bertz CT molecular complexity index is 1020. The van der Waals surface area contributed by atoms with Gasteiger partial charge in [0.2, 0.25) is 0 Å². The van der Waals surface area contributed by atoms with Gasteiger partial charge in [-0.1, -0.05) is 59.6 Å². The zero-order chi connectivity index (χ0) is 19.4. The monoisotopic (exact) mass is 401 g/mol. The van der Waals surface area contributed by atoms with E-state index in [9.17, 15) is 9.59 Å². The molecule has 27 heavy (non-hydrogen) atoms. The van der Waals surface area contributed by atoms with Crippen molar-refractivity contribution in [2.75, 3.05) is 7.05 Å². The number of carbonyl (C=O) groups excluding carboxylic acids is 1. The van der Waals surface area contributed by atoms with E-state index in [0.29, 0.717) is 23.1 Å². The lowest BCUT2D eigenvalue weighted by atomic mass is 10.2. The number of aromatic nitrogens is 2. The quantitative estimate of drug-likeness (QED) is 0.651. The topological polar surface area (TPSA) is 55.2 Å². The van der Waals surface area contributed by atoms with Crippen LogP contribution in [0.25, 0.3) is 0 Å². The number of hydrogen-bond acceptors (Lipinski definition) is 3. The van der Waals surface area contributed by atoms with Gasteiger partial charge in [-0.25, -0.2) is 4.68 Å². The highest BCUT2D eigenvalue weighted by Crippen LogP contribution is 2.23. The van der Waals surface area contributed by atoms with Gasteiger partial charge in [0.1, 0.15) is 5.69 Å². The van der Waals surface area contributed by atoms with Crippen LogP contribution in [0.4, 0.5) is 0 Å². The Balaban J connectivity index is 1.78. The molecule has 1 heterocycles. The fourth-order valence-electron chi connectivity index (χ4n) is 2.61. The molecule has 7 heteroatoms. The maximum Gasteiger partial charge on any atom is 0.274 e. The summed E-state index contributed by atoms with van der Waals surface area (Å²) >= 11 is 11.9. The minimum absolute atomic E-state index is 0.202. The lowest BCUT2D eigenvalue weighted by Crippen LogP contribution is -2.31. The Kier molecular flexibility index (Phi) is 5.94. The van der Waals surface area contributed by atoms with Crippen molar-refractivity contribution in [3.63, 3.8) is 0 Å². The molecule has 138 valence electrons. The molecular weight excluding hydrogens is 385 g/mol. The maximum atomic E-state index is 12.7. The zero-order valence-electron chi connectivity index (χ0n) is 14.6. The van der Waals surface area contributed by atoms with Gasteiger partial charge < -0.3 is 4.90 Å². The molecule has 0 aliphatic rings. The first-order valence-electron chi connectivity index (χ1n) is 8.25. The van der Waals surface area contributed by atoms with E-state index in [0.717, 1.165) is 11.1 Å². The lowest BCUT2D eigenvalue weighted by molar-refractivity contribution is 0.0776. The normalized spacial score (nSPS) is 10.6. The number of hydrogen-bond donors (Lipinski definition) is 0. The summed E-state index contributed by atoms with van der Waals surface area (Å²) < 4.78 is 1.29. The molecule has 1 amide bonds. The highest BCUT2D eigenvalue weighted by molar-refractivity contribution is 6.42. The van der Waals surface area contributed by atoms with Crippen molar-refractivity contribution in [3.8, 4) is 0 Å². The Morgan fingerprint density at radius 3 is 2.44 bits per heavy atom. The minimum Gasteiger partial charge on any atom is -0.336 e. The van der Waals surface area contributed by atoms with E-state index in [1.807, 2.05) is 36.4 Å². The van der Waals surface area contributed by atoms with Crippen molar-refractivity contribution in [2.24, 2.45) is 0 Å². The largest absolute Gasteiger partial charge is 0.336 e. The van der Waals surface area contributed by atoms with E-state index in [1.54, 1.807) is 19.2 Å². The molecule has 0 N–H and O–H groups in total. The van der Waals surface area contributed by atoms with Gasteiger partial charge in [-0.15, -0.1) is 0 Å². The Labute approximate surface area is 166 Å². The number of carbonyl (C=O) groups is 1. The van der Waals surface area contributed by atoms with Gasteiger partial charge in [-0.05, 0) is 29.3 Å². The van der Waals surface area contributed by atoms with E-state index >= 15 is 0 Å². The second-order valence-corrected chi connectivity index (χ2v) is 6.92. The van der Waals surface area contributed by atoms with Crippen molar-refractivity contribution < 1.29 is 4.79 Å². The third kappa shape index (κ3) is 4.76. The average Bonchev–Trinajstić information content (AvgIpc) is 2.66. The Morgan fingerprint density at radius 1 is 1.00 bits per heavy atom. The Morgan fingerprint density at radius 2 is 1.74 bits per heavy atom. The predicted molar refractivity (Wildman–Crippen MR) is 106 cm³/mol. The summed E-state index contributed by atoms with van der Waals surface area (Å²) in [5.41, 5.74) is 1.72. The first-order valence-corrected chi connectivity index (χ1v) is 9.01. The summed E-state index contributed by atoms with van der Waals surface area (Å²) in [6.07, 6.45) is 0. The molecular formula is C20H17Cl2N3O2. The Hall–Kier alpha value is -2.63. The molecule has 0 atom stereocenters. The molecule has 3 rings (SSSR count). The smallest absolute Gasteiger partial charge is 0.274 e. The van der Waals surface area contributed by atoms with Gasteiger partial charge in [-0.2, -0.15) is 5.10 Å². The molecule has 0 saturated carbocycles. The fraction of sp³-hybridized carbons (Fsp3) is 0.150. The molecule has 0 aliphatic carbocycles. The van der Waals surface area contributed by atoms with Gasteiger partial charge in [-0.3, -0.25) is 9.59 Å². The number of halogens is 2. The van der Waals surface area contributed by atoms with Gasteiger partial charge in [0, 0.05) is 19.7 Å². The standard InChI is InChI=1S/C20H17Cl2N3O2/c1-24(12-15-7-8-16(21)17(22)11-15)20(27)18-9-10-19(26)25(23-18)13-14-5-3-2-4-6-14/h2-11H,12-13H2,1H3. The first-order chi connectivity index (χ1) is 12.9. The summed E-state index contributed by atoms with van der Waals surface area (Å²) in [6, 6.07) is 17.5. The summed E-state index contributed by atoms with van der Waals surface area (Å²) in [7, 11) is 1.67. The highest BCUT2D eigenvalue weighted by atomic mass is 35.5. The molecule has 1 aromatic heterocycles. The van der Waals surface area contributed by atoms with Crippen molar-refractivity contribution in [3.05, 3.63) is 97.9 Å². The predicted octanol–water partition coefficient (Wildman–Crippen LogP) is 3.87. The first kappa shape index (κ1) is 19.1. The van der Waals surface area contributed by atoms with Crippen LogP contribution >= 0.6 is 23.2 Å². The molecule has 0 unspecified atom stereocenters. The van der Waals surface area contributed by atoms with Crippen molar-refractivity contribution in [1.82, 2.24) is 14.7 Å². The molecule has 3 aromatic rings. The van der Waals surface area contributed by atoms with Gasteiger partial charge in [0.15, 0.2) is 0 Å². The molecule has 0 radical (unpaired) electrons. The van der Waals surface area contributed by atoms with Crippen LogP contribution in [0, 0.1) is 0 Å². The van der Waals surface area contributed by atoms with Crippen LogP contribution in [0.5, 0.6) is 0 Å². The molecule has 0 spiro atoms. The number of benzene rings is 2. The van der Waals surface area contributed by atoms with Gasteiger partial charge >= 0.3 is 0 Å². The lowest BCUT2D eigenvalue weighted by Gasteiger charge is -2.17. The SMILES string of the molecule is CN(Cc1ccc(Cl)c(Cl)c1)C(=O)c1ccc(=O)n(Cc2ccccc2)n1. The van der Waals surface area contributed by atoms with Crippen molar-refractivity contribution >= 4 is 29.1 Å². The van der Waals surface area contributed by atoms with Crippen LogP contribution in [0.1, 0.15) is 21.6 Å².